The van der Waals surface area contributed by atoms with E-state index in [-0.39, 0.29) is 0 Å². The second kappa shape index (κ2) is 8.08. The van der Waals surface area contributed by atoms with E-state index in [0.717, 1.165) is 0 Å². The highest BCUT2D eigenvalue weighted by Gasteiger charge is 2.20. The predicted octanol–water partition coefficient (Wildman–Crippen LogP) is 3.09. The number of hydrogen-bond donors (Lipinski definition) is 0. The van der Waals surface area contributed by atoms with Crippen molar-refractivity contribution in [3.63, 3.8) is 0 Å². The second-order valence-corrected chi connectivity index (χ2v) is 5.68. The molecule has 0 spiro atoms. The highest BCUT2D eigenvalue weighted by atomic mass is 15.3. The lowest BCUT2D eigenvalue weighted by molar-refractivity contribution is 0.103. The number of hydrogen-bond acceptors (Lipinski definition) is 2. The van der Waals surface area contributed by atoms with Crippen molar-refractivity contribution >= 4 is 0 Å². The first-order valence-corrected chi connectivity index (χ1v) is 6.96. The SMILES string of the molecule is CC.CCCN1CCN(CC(C)(C)C)CC1. The molecule has 0 amide bonds. The van der Waals surface area contributed by atoms with Crippen molar-refractivity contribution in [3.05, 3.63) is 0 Å². The number of rotatable bonds is 3. The summed E-state index contributed by atoms with van der Waals surface area (Å²) in [6.07, 6.45) is 1.29. The molecule has 2 heteroatoms. The minimum atomic E-state index is 0.451. The van der Waals surface area contributed by atoms with Crippen molar-refractivity contribution in [1.29, 1.82) is 0 Å². The topological polar surface area (TPSA) is 6.48 Å². The lowest BCUT2D eigenvalue weighted by Gasteiger charge is -2.37. The lowest BCUT2D eigenvalue weighted by Crippen LogP contribution is -2.48. The van der Waals surface area contributed by atoms with Gasteiger partial charge in [-0.3, -0.25) is 0 Å². The zero-order valence-electron chi connectivity index (χ0n) is 12.3. The van der Waals surface area contributed by atoms with Crippen molar-refractivity contribution in [1.82, 2.24) is 9.80 Å². The van der Waals surface area contributed by atoms with Gasteiger partial charge in [-0.05, 0) is 18.4 Å². The third kappa shape index (κ3) is 7.24. The summed E-state index contributed by atoms with van der Waals surface area (Å²) in [4.78, 5) is 5.19. The van der Waals surface area contributed by atoms with Crippen LogP contribution in [0.1, 0.15) is 48.0 Å². The maximum Gasteiger partial charge on any atom is 0.0110 e. The maximum absolute atomic E-state index is 2.60. The molecular weight excluding hydrogens is 196 g/mol. The van der Waals surface area contributed by atoms with Crippen molar-refractivity contribution in [2.75, 3.05) is 39.3 Å². The van der Waals surface area contributed by atoms with Gasteiger partial charge in [-0.25, -0.2) is 0 Å². The number of nitrogens with zero attached hydrogens (tertiary/aromatic N) is 2. The second-order valence-electron chi connectivity index (χ2n) is 5.68. The minimum absolute atomic E-state index is 0.451. The first-order chi connectivity index (χ1) is 7.51. The fourth-order valence-corrected chi connectivity index (χ4v) is 2.16. The van der Waals surface area contributed by atoms with Gasteiger partial charge < -0.3 is 9.80 Å². The fraction of sp³-hybridized carbons (Fsp3) is 1.00. The Hall–Kier alpha value is -0.0800. The molecule has 0 aromatic heterocycles. The Morgan fingerprint density at radius 1 is 0.875 bits per heavy atom. The molecule has 1 rings (SSSR count). The molecule has 1 saturated heterocycles. The molecule has 0 aromatic carbocycles. The molecule has 0 radical (unpaired) electrons. The summed E-state index contributed by atoms with van der Waals surface area (Å²) in [6, 6.07) is 0. The van der Waals surface area contributed by atoms with Gasteiger partial charge in [0.1, 0.15) is 0 Å². The maximum atomic E-state index is 2.60. The van der Waals surface area contributed by atoms with Crippen LogP contribution in [0.25, 0.3) is 0 Å². The van der Waals surface area contributed by atoms with E-state index in [1.54, 1.807) is 0 Å². The van der Waals surface area contributed by atoms with E-state index < -0.39 is 0 Å². The van der Waals surface area contributed by atoms with Crippen LogP contribution in [0.4, 0.5) is 0 Å². The molecule has 2 nitrogen and oxygen atoms in total. The Morgan fingerprint density at radius 2 is 1.31 bits per heavy atom. The van der Waals surface area contributed by atoms with Crippen molar-refractivity contribution in [2.45, 2.75) is 48.0 Å². The molecule has 1 aliphatic heterocycles. The Balaban J connectivity index is 0.00000106. The van der Waals surface area contributed by atoms with Gasteiger partial charge in [-0.15, -0.1) is 0 Å². The molecule has 16 heavy (non-hydrogen) atoms. The summed E-state index contributed by atoms with van der Waals surface area (Å²) in [5.41, 5.74) is 0.451. The van der Waals surface area contributed by atoms with Crippen LogP contribution in [-0.4, -0.2) is 49.1 Å². The highest BCUT2D eigenvalue weighted by molar-refractivity contribution is 4.75. The van der Waals surface area contributed by atoms with Gasteiger partial charge in [0, 0.05) is 32.7 Å². The standard InChI is InChI=1S/C12H26N2.C2H6/c1-5-6-13-7-9-14(10-8-13)11-12(2,3)4;1-2/h5-11H2,1-4H3;1-2H3. The number of piperazine rings is 1. The Bertz CT molecular complexity index is 153. The van der Waals surface area contributed by atoms with E-state index in [4.69, 9.17) is 0 Å². The van der Waals surface area contributed by atoms with E-state index in [9.17, 15) is 0 Å². The first kappa shape index (κ1) is 15.9. The van der Waals surface area contributed by atoms with E-state index in [0.29, 0.717) is 5.41 Å². The Morgan fingerprint density at radius 3 is 1.69 bits per heavy atom. The average Bonchev–Trinajstić information content (AvgIpc) is 2.22. The molecule has 0 aliphatic carbocycles. The van der Waals surface area contributed by atoms with Crippen molar-refractivity contribution in [3.8, 4) is 0 Å². The highest BCUT2D eigenvalue weighted by Crippen LogP contribution is 2.16. The van der Waals surface area contributed by atoms with Gasteiger partial charge in [0.25, 0.3) is 0 Å². The Kier molecular flexibility index (Phi) is 8.04. The summed E-state index contributed by atoms with van der Waals surface area (Å²) in [5.74, 6) is 0. The molecule has 0 saturated carbocycles. The molecule has 0 bridgehead atoms. The van der Waals surface area contributed by atoms with Crippen molar-refractivity contribution in [2.24, 2.45) is 5.41 Å². The van der Waals surface area contributed by atoms with Gasteiger partial charge in [0.2, 0.25) is 0 Å². The van der Waals surface area contributed by atoms with Gasteiger partial charge >= 0.3 is 0 Å². The van der Waals surface area contributed by atoms with Crippen LogP contribution in [-0.2, 0) is 0 Å². The summed E-state index contributed by atoms with van der Waals surface area (Å²) in [7, 11) is 0. The quantitative estimate of drug-likeness (QED) is 0.732. The van der Waals surface area contributed by atoms with E-state index in [1.165, 1.54) is 45.7 Å². The molecule has 1 aliphatic rings. The van der Waals surface area contributed by atoms with Gasteiger partial charge in [-0.1, -0.05) is 41.5 Å². The minimum Gasteiger partial charge on any atom is -0.301 e. The fourth-order valence-electron chi connectivity index (χ4n) is 2.16. The van der Waals surface area contributed by atoms with Crippen LogP contribution < -0.4 is 0 Å². The average molecular weight is 228 g/mol. The molecule has 1 heterocycles. The van der Waals surface area contributed by atoms with Crippen LogP contribution >= 0.6 is 0 Å². The van der Waals surface area contributed by atoms with Crippen LogP contribution in [0.15, 0.2) is 0 Å². The van der Waals surface area contributed by atoms with Gasteiger partial charge in [0.05, 0.1) is 0 Å². The molecule has 1 fully saturated rings. The summed E-state index contributed by atoms with van der Waals surface area (Å²) >= 11 is 0. The van der Waals surface area contributed by atoms with Crippen LogP contribution in [0, 0.1) is 5.41 Å². The van der Waals surface area contributed by atoms with Crippen LogP contribution in [0.5, 0.6) is 0 Å². The molecule has 98 valence electrons. The molecule has 0 aromatic rings. The smallest absolute Gasteiger partial charge is 0.0110 e. The molecule has 0 atom stereocenters. The zero-order chi connectivity index (χ0) is 12.6. The van der Waals surface area contributed by atoms with E-state index >= 15 is 0 Å². The molecule has 0 N–H and O–H groups in total. The van der Waals surface area contributed by atoms with Gasteiger partial charge in [0.15, 0.2) is 0 Å². The third-order valence-corrected chi connectivity index (χ3v) is 2.70. The lowest BCUT2D eigenvalue weighted by atomic mass is 9.96. The summed E-state index contributed by atoms with van der Waals surface area (Å²) in [5, 5.41) is 0. The summed E-state index contributed by atoms with van der Waals surface area (Å²) in [6.45, 7) is 20.8. The zero-order valence-corrected chi connectivity index (χ0v) is 12.3. The summed E-state index contributed by atoms with van der Waals surface area (Å²) < 4.78 is 0. The molecular formula is C14H32N2. The third-order valence-electron chi connectivity index (χ3n) is 2.70. The van der Waals surface area contributed by atoms with Crippen molar-refractivity contribution < 1.29 is 0 Å². The van der Waals surface area contributed by atoms with E-state index in [1.807, 2.05) is 13.8 Å². The monoisotopic (exact) mass is 228 g/mol. The van der Waals surface area contributed by atoms with E-state index in [2.05, 4.69) is 37.5 Å². The normalized spacial score (nSPS) is 19.1. The largest absolute Gasteiger partial charge is 0.301 e. The van der Waals surface area contributed by atoms with Crippen LogP contribution in [0.2, 0.25) is 0 Å². The molecule has 0 unspecified atom stereocenters. The Labute approximate surface area is 103 Å². The predicted molar refractivity (Wildman–Crippen MR) is 74.0 cm³/mol. The first-order valence-electron chi connectivity index (χ1n) is 6.96. The van der Waals surface area contributed by atoms with Crippen LogP contribution in [0.3, 0.4) is 0 Å². The van der Waals surface area contributed by atoms with Gasteiger partial charge in [-0.2, -0.15) is 0 Å².